The SMILES string of the molecule is CCc1ccc(OCC(=O)N2CC=C(c3c[nH]c4cc(F)ccc34)CC2)cc1. The summed E-state index contributed by atoms with van der Waals surface area (Å²) in [6, 6.07) is 12.6. The van der Waals surface area contributed by atoms with Gasteiger partial charge in [0.05, 0.1) is 0 Å². The molecule has 3 aromatic rings. The molecule has 1 aliphatic rings. The molecule has 0 saturated heterocycles. The molecule has 28 heavy (non-hydrogen) atoms. The monoisotopic (exact) mass is 378 g/mol. The van der Waals surface area contributed by atoms with Gasteiger partial charge in [-0.25, -0.2) is 4.39 Å². The number of H-pyrrole nitrogens is 1. The number of fused-ring (bicyclic) bond motifs is 1. The topological polar surface area (TPSA) is 45.3 Å². The number of aromatic nitrogens is 1. The van der Waals surface area contributed by atoms with E-state index in [0.717, 1.165) is 29.3 Å². The number of aryl methyl sites for hydroxylation is 1. The summed E-state index contributed by atoms with van der Waals surface area (Å²) in [6.07, 6.45) is 5.73. The zero-order valence-corrected chi connectivity index (χ0v) is 15.9. The van der Waals surface area contributed by atoms with Crippen molar-refractivity contribution in [1.29, 1.82) is 0 Å². The standard InChI is InChI=1S/C23H23FN2O2/c1-2-16-3-6-19(7-4-16)28-15-23(27)26-11-9-17(10-12-26)21-14-25-22-13-18(24)5-8-20(21)22/h3-9,13-14,25H,2,10-12,15H2,1H3. The molecule has 0 unspecified atom stereocenters. The van der Waals surface area contributed by atoms with Gasteiger partial charge in [0.25, 0.3) is 5.91 Å². The fraction of sp³-hybridized carbons (Fsp3) is 0.261. The first-order valence-corrected chi connectivity index (χ1v) is 9.59. The minimum absolute atomic E-state index is 0.0177. The number of carbonyl (C=O) groups is 1. The summed E-state index contributed by atoms with van der Waals surface area (Å²) in [5.74, 6) is 0.445. The average molecular weight is 378 g/mol. The van der Waals surface area contributed by atoms with Gasteiger partial charge >= 0.3 is 0 Å². The number of ether oxygens (including phenoxy) is 1. The molecule has 0 radical (unpaired) electrons. The second-order valence-corrected chi connectivity index (χ2v) is 7.00. The van der Waals surface area contributed by atoms with Crippen molar-refractivity contribution in [2.45, 2.75) is 19.8 Å². The van der Waals surface area contributed by atoms with Crippen molar-refractivity contribution in [2.75, 3.05) is 19.7 Å². The number of halogens is 1. The van der Waals surface area contributed by atoms with Gasteiger partial charge in [0, 0.05) is 35.8 Å². The third-order valence-electron chi connectivity index (χ3n) is 5.25. The molecule has 1 aliphatic heterocycles. The maximum absolute atomic E-state index is 13.4. The van der Waals surface area contributed by atoms with E-state index in [0.29, 0.717) is 18.8 Å². The number of amides is 1. The number of benzene rings is 2. The maximum atomic E-state index is 13.4. The zero-order valence-electron chi connectivity index (χ0n) is 15.9. The van der Waals surface area contributed by atoms with Crippen molar-refractivity contribution in [3.05, 3.63) is 71.7 Å². The van der Waals surface area contributed by atoms with Crippen molar-refractivity contribution in [2.24, 2.45) is 0 Å². The molecule has 0 bridgehead atoms. The third kappa shape index (κ3) is 3.79. The van der Waals surface area contributed by atoms with E-state index < -0.39 is 0 Å². The Morgan fingerprint density at radius 3 is 2.75 bits per heavy atom. The third-order valence-corrected chi connectivity index (χ3v) is 5.25. The summed E-state index contributed by atoms with van der Waals surface area (Å²) in [5, 5.41) is 1.01. The summed E-state index contributed by atoms with van der Waals surface area (Å²) in [4.78, 5) is 17.4. The van der Waals surface area contributed by atoms with Crippen LogP contribution < -0.4 is 4.74 Å². The quantitative estimate of drug-likeness (QED) is 0.707. The molecule has 2 heterocycles. The van der Waals surface area contributed by atoms with Crippen LogP contribution in [-0.2, 0) is 11.2 Å². The van der Waals surface area contributed by atoms with Crippen molar-refractivity contribution in [1.82, 2.24) is 9.88 Å². The number of aromatic amines is 1. The Morgan fingerprint density at radius 2 is 2.04 bits per heavy atom. The first-order chi connectivity index (χ1) is 13.6. The number of carbonyl (C=O) groups excluding carboxylic acids is 1. The minimum Gasteiger partial charge on any atom is -0.484 e. The molecule has 1 amide bonds. The van der Waals surface area contributed by atoms with E-state index in [1.807, 2.05) is 30.5 Å². The Kier molecular flexibility index (Phi) is 5.15. The summed E-state index contributed by atoms with van der Waals surface area (Å²) < 4.78 is 19.0. The molecule has 4 nitrogen and oxygen atoms in total. The van der Waals surface area contributed by atoms with Crippen LogP contribution in [0.1, 0.15) is 24.5 Å². The Balaban J connectivity index is 1.38. The van der Waals surface area contributed by atoms with E-state index in [1.165, 1.54) is 23.3 Å². The predicted molar refractivity (Wildman–Crippen MR) is 109 cm³/mol. The lowest BCUT2D eigenvalue weighted by Crippen LogP contribution is -2.37. The van der Waals surface area contributed by atoms with E-state index in [4.69, 9.17) is 4.74 Å². The number of nitrogens with zero attached hydrogens (tertiary/aromatic N) is 1. The first-order valence-electron chi connectivity index (χ1n) is 9.59. The molecule has 1 N–H and O–H groups in total. The summed E-state index contributed by atoms with van der Waals surface area (Å²) in [7, 11) is 0. The molecule has 1 aromatic heterocycles. The average Bonchev–Trinajstić information content (AvgIpc) is 3.15. The normalized spacial score (nSPS) is 14.2. The first kappa shape index (κ1) is 18.3. The molecule has 0 atom stereocenters. The number of hydrogen-bond donors (Lipinski definition) is 1. The van der Waals surface area contributed by atoms with Crippen LogP contribution in [0.3, 0.4) is 0 Å². The fourth-order valence-corrected chi connectivity index (χ4v) is 3.56. The van der Waals surface area contributed by atoms with E-state index >= 15 is 0 Å². The van der Waals surface area contributed by atoms with Crippen molar-refractivity contribution >= 4 is 22.4 Å². The van der Waals surface area contributed by atoms with Crippen LogP contribution in [0, 0.1) is 5.82 Å². The lowest BCUT2D eigenvalue weighted by Gasteiger charge is -2.26. The summed E-state index contributed by atoms with van der Waals surface area (Å²) in [5.41, 5.74) is 4.29. The molecule has 0 saturated carbocycles. The van der Waals surface area contributed by atoms with Crippen LogP contribution in [0.15, 0.2) is 54.7 Å². The van der Waals surface area contributed by atoms with E-state index in [-0.39, 0.29) is 18.3 Å². The number of nitrogens with one attached hydrogen (secondary N) is 1. The van der Waals surface area contributed by atoms with Gasteiger partial charge in [-0.1, -0.05) is 25.1 Å². The van der Waals surface area contributed by atoms with Gasteiger partial charge in [0.15, 0.2) is 6.61 Å². The van der Waals surface area contributed by atoms with Gasteiger partial charge < -0.3 is 14.6 Å². The molecule has 0 spiro atoms. The molecular weight excluding hydrogens is 355 g/mol. The van der Waals surface area contributed by atoms with Crippen LogP contribution in [0.4, 0.5) is 4.39 Å². The van der Waals surface area contributed by atoms with Crippen LogP contribution in [0.25, 0.3) is 16.5 Å². The van der Waals surface area contributed by atoms with Crippen LogP contribution in [0.5, 0.6) is 5.75 Å². The molecule has 0 aliphatic carbocycles. The van der Waals surface area contributed by atoms with Crippen LogP contribution in [-0.4, -0.2) is 35.5 Å². The van der Waals surface area contributed by atoms with E-state index in [9.17, 15) is 9.18 Å². The highest BCUT2D eigenvalue weighted by molar-refractivity contribution is 5.93. The van der Waals surface area contributed by atoms with Gasteiger partial charge in [-0.15, -0.1) is 0 Å². The zero-order chi connectivity index (χ0) is 19.5. The highest BCUT2D eigenvalue weighted by atomic mass is 19.1. The Morgan fingerprint density at radius 1 is 1.21 bits per heavy atom. The lowest BCUT2D eigenvalue weighted by molar-refractivity contribution is -0.132. The lowest BCUT2D eigenvalue weighted by atomic mass is 9.99. The number of hydrogen-bond acceptors (Lipinski definition) is 2. The molecule has 4 rings (SSSR count). The summed E-state index contributed by atoms with van der Waals surface area (Å²) in [6.45, 7) is 3.35. The van der Waals surface area contributed by atoms with Crippen LogP contribution >= 0.6 is 0 Å². The van der Waals surface area contributed by atoms with Crippen molar-refractivity contribution in [3.8, 4) is 5.75 Å². The van der Waals surface area contributed by atoms with E-state index in [1.54, 1.807) is 11.0 Å². The fourth-order valence-electron chi connectivity index (χ4n) is 3.56. The summed E-state index contributed by atoms with van der Waals surface area (Å²) >= 11 is 0. The molecule has 5 heteroatoms. The second kappa shape index (κ2) is 7.89. The predicted octanol–water partition coefficient (Wildman–Crippen LogP) is 4.56. The van der Waals surface area contributed by atoms with Gasteiger partial charge in [0.1, 0.15) is 11.6 Å². The number of rotatable bonds is 5. The Hall–Kier alpha value is -3.08. The highest BCUT2D eigenvalue weighted by Gasteiger charge is 2.20. The molecule has 2 aromatic carbocycles. The van der Waals surface area contributed by atoms with Crippen LogP contribution in [0.2, 0.25) is 0 Å². The maximum Gasteiger partial charge on any atom is 0.260 e. The largest absolute Gasteiger partial charge is 0.484 e. The second-order valence-electron chi connectivity index (χ2n) is 7.00. The van der Waals surface area contributed by atoms with E-state index in [2.05, 4.69) is 18.0 Å². The van der Waals surface area contributed by atoms with Crippen molar-refractivity contribution < 1.29 is 13.9 Å². The smallest absolute Gasteiger partial charge is 0.260 e. The van der Waals surface area contributed by atoms with Gasteiger partial charge in [-0.3, -0.25) is 4.79 Å². The van der Waals surface area contributed by atoms with Gasteiger partial charge in [-0.05, 0) is 54.3 Å². The van der Waals surface area contributed by atoms with Gasteiger partial charge in [0.2, 0.25) is 0 Å². The highest BCUT2D eigenvalue weighted by Crippen LogP contribution is 2.29. The molecule has 144 valence electrons. The Labute approximate surface area is 163 Å². The molecule has 0 fully saturated rings. The Bertz CT molecular complexity index is 1020. The van der Waals surface area contributed by atoms with Crippen molar-refractivity contribution in [3.63, 3.8) is 0 Å². The van der Waals surface area contributed by atoms with Gasteiger partial charge in [-0.2, -0.15) is 0 Å². The minimum atomic E-state index is -0.250. The molecular formula is C23H23FN2O2.